The van der Waals surface area contributed by atoms with Gasteiger partial charge in [-0.1, -0.05) is 11.6 Å². The number of carbonyl (C=O) groups excluding carboxylic acids is 4. The van der Waals surface area contributed by atoms with Crippen molar-refractivity contribution in [3.05, 3.63) is 29.0 Å². The van der Waals surface area contributed by atoms with Crippen LogP contribution < -0.4 is 0 Å². The molecule has 1 unspecified atom stereocenters. The minimum atomic E-state index is -1.02. The molecule has 0 bridgehead atoms. The fourth-order valence-corrected chi connectivity index (χ4v) is 5.59. The molecule has 2 saturated carbocycles. The van der Waals surface area contributed by atoms with Gasteiger partial charge < -0.3 is 24.1 Å². The summed E-state index contributed by atoms with van der Waals surface area (Å²) in [6.07, 6.45) is -1.02. The van der Waals surface area contributed by atoms with E-state index in [2.05, 4.69) is 9.47 Å². The Kier molecular flexibility index (Phi) is 9.98. The lowest BCUT2D eigenvalue weighted by molar-refractivity contribution is -0.171. The Balaban J connectivity index is 0.00000408. The molecular weight excluding hydrogens is 518 g/mol. The van der Waals surface area contributed by atoms with Gasteiger partial charge in [-0.2, -0.15) is 0 Å². The monoisotopic (exact) mass is 540 g/mol. The molecule has 13 heteroatoms. The maximum absolute atomic E-state index is 13.4. The van der Waals surface area contributed by atoms with Crippen molar-refractivity contribution in [3.63, 3.8) is 0 Å². The van der Waals surface area contributed by atoms with E-state index < -0.39 is 79.0 Å². The molecule has 1 N–H and O–H groups in total. The van der Waals surface area contributed by atoms with Crippen molar-refractivity contribution in [2.45, 2.75) is 24.8 Å². The van der Waals surface area contributed by atoms with Gasteiger partial charge in [0.25, 0.3) is 0 Å². The van der Waals surface area contributed by atoms with Gasteiger partial charge in [-0.3, -0.25) is 19.2 Å². The molecule has 188 valence electrons. The summed E-state index contributed by atoms with van der Waals surface area (Å²) < 4.78 is 32.6. The number of fused-ring (bicyclic) bond motifs is 1. The predicted octanol–water partition coefficient (Wildman–Crippen LogP) is 2.59. The van der Waals surface area contributed by atoms with Gasteiger partial charge in [-0.25, -0.2) is 4.39 Å². The van der Waals surface area contributed by atoms with E-state index in [1.807, 2.05) is 0 Å². The number of hydrogen-bond donors (Lipinski definition) is 1. The fourth-order valence-electron chi connectivity index (χ4n) is 4.19. The van der Waals surface area contributed by atoms with Gasteiger partial charge in [-0.15, -0.1) is 24.2 Å². The molecule has 2 aliphatic carbocycles. The van der Waals surface area contributed by atoms with Crippen LogP contribution >= 0.6 is 35.8 Å². The van der Waals surface area contributed by atoms with E-state index in [0.717, 1.165) is 13.8 Å². The Labute approximate surface area is 210 Å². The Bertz CT molecular complexity index is 947. The first-order chi connectivity index (χ1) is 15.6. The molecular formula is C21H23Cl2FO9S. The molecule has 2 aliphatic rings. The average molecular weight is 541 g/mol. The molecule has 9 nitrogen and oxygen atoms in total. The maximum Gasteiger partial charge on any atom is 0.312 e. The third-order valence-corrected chi connectivity index (χ3v) is 7.07. The first-order valence-corrected chi connectivity index (χ1v) is 11.3. The molecule has 34 heavy (non-hydrogen) atoms. The largest absolute Gasteiger partial charge is 0.428 e. The van der Waals surface area contributed by atoms with Gasteiger partial charge in [0.15, 0.2) is 0 Å². The Morgan fingerprint density at radius 2 is 1.53 bits per heavy atom. The molecule has 0 aliphatic heterocycles. The van der Waals surface area contributed by atoms with Gasteiger partial charge >= 0.3 is 23.9 Å². The lowest BCUT2D eigenvalue weighted by Crippen LogP contribution is -2.36. The highest BCUT2D eigenvalue weighted by Crippen LogP contribution is 2.64. The zero-order valence-electron chi connectivity index (χ0n) is 18.1. The average Bonchev–Trinajstić information content (AvgIpc) is 3.40. The number of aliphatic hydroxyl groups is 1. The quantitative estimate of drug-likeness (QED) is 0.283. The molecule has 2 fully saturated rings. The van der Waals surface area contributed by atoms with Crippen molar-refractivity contribution in [1.82, 2.24) is 0 Å². The van der Waals surface area contributed by atoms with E-state index in [9.17, 15) is 28.7 Å². The van der Waals surface area contributed by atoms with E-state index in [4.69, 9.17) is 21.1 Å². The smallest absolute Gasteiger partial charge is 0.312 e. The molecule has 0 saturated heterocycles. The zero-order valence-corrected chi connectivity index (χ0v) is 20.5. The molecule has 0 heterocycles. The number of rotatable bonds is 9. The lowest BCUT2D eigenvalue weighted by atomic mass is 9.88. The Hall–Kier alpha value is -2.08. The minimum Gasteiger partial charge on any atom is -0.428 e. The summed E-state index contributed by atoms with van der Waals surface area (Å²) in [5.74, 6) is -6.27. The van der Waals surface area contributed by atoms with E-state index >= 15 is 0 Å². The predicted molar refractivity (Wildman–Crippen MR) is 118 cm³/mol. The van der Waals surface area contributed by atoms with E-state index in [0.29, 0.717) is 4.90 Å². The molecule has 0 radical (unpaired) electrons. The Morgan fingerprint density at radius 3 is 2.06 bits per heavy atom. The van der Waals surface area contributed by atoms with Crippen LogP contribution in [-0.4, -0.2) is 54.4 Å². The van der Waals surface area contributed by atoms with Crippen LogP contribution in [0.3, 0.4) is 0 Å². The topological polar surface area (TPSA) is 125 Å². The summed E-state index contributed by atoms with van der Waals surface area (Å²) >= 11 is 7.07. The zero-order chi connectivity index (χ0) is 24.3. The van der Waals surface area contributed by atoms with Gasteiger partial charge in [0, 0.05) is 36.3 Å². The van der Waals surface area contributed by atoms with E-state index in [-0.39, 0.29) is 23.2 Å². The van der Waals surface area contributed by atoms with Crippen LogP contribution in [0.15, 0.2) is 23.1 Å². The highest BCUT2D eigenvalue weighted by Gasteiger charge is 2.72. The lowest BCUT2D eigenvalue weighted by Gasteiger charge is -2.25. The minimum absolute atomic E-state index is 0. The number of aliphatic hydroxyl groups excluding tert-OH is 1. The van der Waals surface area contributed by atoms with Crippen LogP contribution in [0.2, 0.25) is 5.02 Å². The van der Waals surface area contributed by atoms with Gasteiger partial charge in [0.2, 0.25) is 13.6 Å². The summed E-state index contributed by atoms with van der Waals surface area (Å²) in [5.41, 5.74) is 0. The van der Waals surface area contributed by atoms with Crippen molar-refractivity contribution >= 4 is 59.6 Å². The number of esters is 4. The first-order valence-electron chi connectivity index (χ1n) is 9.97. The molecule has 1 aromatic carbocycles. The van der Waals surface area contributed by atoms with Gasteiger partial charge in [0.1, 0.15) is 5.82 Å². The summed E-state index contributed by atoms with van der Waals surface area (Å²) in [7, 11) is 0. The SMILES string of the molecule is CC(=O)OCOC(=O)[C@@H]1C2[C@H]1[C@H](O)[C@@H](CSc1ccc(F)c(Cl)c1)[C@H]2C(=O)OCOC(C)=O.Cl. The highest BCUT2D eigenvalue weighted by molar-refractivity contribution is 7.99. The number of halogens is 3. The van der Waals surface area contributed by atoms with Crippen LogP contribution in [0.4, 0.5) is 4.39 Å². The number of carbonyl (C=O) groups is 4. The molecule has 0 amide bonds. The number of ether oxygens (including phenoxy) is 4. The van der Waals surface area contributed by atoms with Crippen molar-refractivity contribution in [3.8, 4) is 0 Å². The third kappa shape index (κ3) is 6.53. The van der Waals surface area contributed by atoms with Crippen LogP contribution in [0, 0.1) is 35.4 Å². The second kappa shape index (κ2) is 12.1. The van der Waals surface area contributed by atoms with Gasteiger partial charge in [-0.05, 0) is 24.1 Å². The summed E-state index contributed by atoms with van der Waals surface area (Å²) in [5, 5.41) is 10.8. The number of benzene rings is 1. The van der Waals surface area contributed by atoms with E-state index in [1.54, 1.807) is 0 Å². The highest BCUT2D eigenvalue weighted by atomic mass is 35.5. The summed E-state index contributed by atoms with van der Waals surface area (Å²) in [6, 6.07) is 4.18. The summed E-state index contributed by atoms with van der Waals surface area (Å²) in [6.45, 7) is 1.17. The normalized spacial score (nSPS) is 26.5. The Morgan fingerprint density at radius 1 is 0.971 bits per heavy atom. The molecule has 0 spiro atoms. The van der Waals surface area contributed by atoms with Crippen molar-refractivity contribution in [2.75, 3.05) is 19.3 Å². The van der Waals surface area contributed by atoms with Crippen LogP contribution in [-0.2, 0) is 38.1 Å². The maximum atomic E-state index is 13.4. The summed E-state index contributed by atoms with van der Waals surface area (Å²) in [4.78, 5) is 47.6. The molecule has 0 aromatic heterocycles. The van der Waals surface area contributed by atoms with Gasteiger partial charge in [0.05, 0.1) is 23.0 Å². The van der Waals surface area contributed by atoms with E-state index in [1.165, 1.54) is 30.0 Å². The molecule has 6 atom stereocenters. The second-order valence-electron chi connectivity index (χ2n) is 7.68. The molecule has 3 rings (SSSR count). The number of thioether (sulfide) groups is 1. The van der Waals surface area contributed by atoms with Crippen molar-refractivity contribution in [1.29, 1.82) is 0 Å². The fraction of sp³-hybridized carbons (Fsp3) is 0.524. The van der Waals surface area contributed by atoms with Crippen molar-refractivity contribution in [2.24, 2.45) is 29.6 Å². The van der Waals surface area contributed by atoms with Crippen LogP contribution in [0.1, 0.15) is 13.8 Å². The first kappa shape index (κ1) is 28.2. The third-order valence-electron chi connectivity index (χ3n) is 5.65. The van der Waals surface area contributed by atoms with Crippen LogP contribution in [0.5, 0.6) is 0 Å². The number of hydrogen-bond acceptors (Lipinski definition) is 10. The second-order valence-corrected chi connectivity index (χ2v) is 9.18. The van der Waals surface area contributed by atoms with Crippen molar-refractivity contribution < 1.29 is 47.6 Å². The standard InChI is InChI=1S/C21H22ClFO9S.ClH/c1-9(24)29-7-31-20(27)15-12(6-33-11-3-4-14(23)13(22)5-11)19(26)17-16(15)18(17)21(28)32-8-30-10(2)25;/h3-5,12,15-19,26H,6-8H2,1-2H3;1H/t12-,15+,16?,17+,18+,19+;/m0./s1. The molecule has 1 aromatic rings. The van der Waals surface area contributed by atoms with Crippen LogP contribution in [0.25, 0.3) is 0 Å².